The molecule has 0 aliphatic carbocycles. The van der Waals surface area contributed by atoms with Gasteiger partial charge in [-0.05, 0) is 43.0 Å². The maximum Gasteiger partial charge on any atom is 0.271 e. The van der Waals surface area contributed by atoms with Crippen LogP contribution >= 0.6 is 0 Å². The lowest BCUT2D eigenvalue weighted by Gasteiger charge is -2.17. The maximum absolute atomic E-state index is 12.5. The summed E-state index contributed by atoms with van der Waals surface area (Å²) < 4.78 is 5.17. The predicted molar refractivity (Wildman–Crippen MR) is 107 cm³/mol. The smallest absolute Gasteiger partial charge is 0.271 e. The van der Waals surface area contributed by atoms with Gasteiger partial charge in [0.15, 0.2) is 0 Å². The van der Waals surface area contributed by atoms with E-state index in [2.05, 4.69) is 24.5 Å². The van der Waals surface area contributed by atoms with Crippen LogP contribution in [0.15, 0.2) is 42.5 Å². The van der Waals surface area contributed by atoms with Crippen LogP contribution in [0.25, 0.3) is 0 Å². The number of rotatable bonds is 8. The molecule has 0 radical (unpaired) electrons. The summed E-state index contributed by atoms with van der Waals surface area (Å²) in [5.41, 5.74) is 2.22. The highest BCUT2D eigenvalue weighted by molar-refractivity contribution is 5.97. The van der Waals surface area contributed by atoms with Crippen molar-refractivity contribution in [3.8, 4) is 5.75 Å². The topological polar surface area (TPSA) is 93.5 Å². The third kappa shape index (κ3) is 5.20. The van der Waals surface area contributed by atoms with Crippen LogP contribution in [0.3, 0.4) is 0 Å². The highest BCUT2D eigenvalue weighted by Gasteiger charge is 2.17. The monoisotopic (exact) mass is 371 g/mol. The molecule has 2 aromatic rings. The number of amides is 1. The highest BCUT2D eigenvalue weighted by Crippen LogP contribution is 2.29. The molecule has 0 fully saturated rings. The lowest BCUT2D eigenvalue weighted by Crippen LogP contribution is -2.32. The van der Waals surface area contributed by atoms with E-state index >= 15 is 0 Å². The van der Waals surface area contributed by atoms with Crippen LogP contribution < -0.4 is 15.4 Å². The third-order valence-corrected chi connectivity index (χ3v) is 4.52. The number of nitro benzene ring substituents is 1. The van der Waals surface area contributed by atoms with E-state index in [4.69, 9.17) is 4.74 Å². The Morgan fingerprint density at radius 3 is 2.41 bits per heavy atom. The summed E-state index contributed by atoms with van der Waals surface area (Å²) in [4.78, 5) is 22.9. The Hall–Kier alpha value is -3.09. The summed E-state index contributed by atoms with van der Waals surface area (Å²) in [5.74, 6) is 0.528. The number of carbonyl (C=O) groups is 1. The number of hydrogen-bond acceptors (Lipinski definition) is 5. The number of nitro groups is 1. The Morgan fingerprint density at radius 2 is 1.85 bits per heavy atom. The number of benzene rings is 2. The molecule has 2 rings (SSSR count). The number of non-ortho nitro benzene ring substituents is 1. The van der Waals surface area contributed by atoms with Gasteiger partial charge in [-0.1, -0.05) is 26.0 Å². The van der Waals surface area contributed by atoms with Gasteiger partial charge in [0.05, 0.1) is 17.7 Å². The Labute approximate surface area is 158 Å². The van der Waals surface area contributed by atoms with Crippen molar-refractivity contribution in [1.29, 1.82) is 0 Å². The summed E-state index contributed by atoms with van der Waals surface area (Å²) >= 11 is 0. The van der Waals surface area contributed by atoms with Gasteiger partial charge in [0, 0.05) is 17.8 Å². The van der Waals surface area contributed by atoms with Gasteiger partial charge in [-0.15, -0.1) is 0 Å². The Bertz CT molecular complexity index is 805. The zero-order valence-corrected chi connectivity index (χ0v) is 16.0. The van der Waals surface area contributed by atoms with Gasteiger partial charge in [0.2, 0.25) is 5.91 Å². The van der Waals surface area contributed by atoms with E-state index in [1.165, 1.54) is 30.9 Å². The minimum absolute atomic E-state index is 0.118. The van der Waals surface area contributed by atoms with Crippen molar-refractivity contribution in [3.05, 3.63) is 58.1 Å². The van der Waals surface area contributed by atoms with Gasteiger partial charge >= 0.3 is 0 Å². The number of nitrogens with one attached hydrogen (secondary N) is 2. The molecule has 0 aliphatic rings. The van der Waals surface area contributed by atoms with Gasteiger partial charge in [0.1, 0.15) is 11.8 Å². The van der Waals surface area contributed by atoms with E-state index in [9.17, 15) is 14.9 Å². The zero-order valence-electron chi connectivity index (χ0n) is 16.0. The number of methoxy groups -OCH3 is 1. The third-order valence-electron chi connectivity index (χ3n) is 4.52. The van der Waals surface area contributed by atoms with Crippen LogP contribution in [0.5, 0.6) is 5.75 Å². The summed E-state index contributed by atoms with van der Waals surface area (Å²) in [7, 11) is 1.44. The van der Waals surface area contributed by atoms with Crippen molar-refractivity contribution in [2.75, 3.05) is 17.7 Å². The van der Waals surface area contributed by atoms with Crippen LogP contribution in [0, 0.1) is 10.1 Å². The van der Waals surface area contributed by atoms with Gasteiger partial charge in [-0.2, -0.15) is 0 Å². The molecule has 0 heterocycles. The van der Waals surface area contributed by atoms with Crippen LogP contribution in [-0.2, 0) is 4.79 Å². The summed E-state index contributed by atoms with van der Waals surface area (Å²) in [6.07, 6.45) is 1.07. The fraction of sp³-hybridized carbons (Fsp3) is 0.350. The predicted octanol–water partition coefficient (Wildman–Crippen LogP) is 4.56. The second-order valence-electron chi connectivity index (χ2n) is 6.43. The lowest BCUT2D eigenvalue weighted by molar-refractivity contribution is -0.384. The van der Waals surface area contributed by atoms with Crippen molar-refractivity contribution >= 4 is 23.0 Å². The second-order valence-corrected chi connectivity index (χ2v) is 6.43. The Morgan fingerprint density at radius 1 is 1.19 bits per heavy atom. The molecule has 0 saturated carbocycles. The number of anilines is 2. The van der Waals surface area contributed by atoms with Crippen molar-refractivity contribution in [2.24, 2.45) is 0 Å². The molecule has 7 heteroatoms. The molecule has 0 bridgehead atoms. The number of hydrogen-bond donors (Lipinski definition) is 2. The SMILES string of the molecule is CC[C@H](C)c1ccc(N[C@@H](C)C(=O)Nc2cc([N+](=O)[O-])ccc2OC)cc1. The van der Waals surface area contributed by atoms with Crippen LogP contribution in [0.1, 0.15) is 38.7 Å². The molecule has 2 N–H and O–H groups in total. The van der Waals surface area contributed by atoms with Gasteiger partial charge < -0.3 is 15.4 Å². The Balaban J connectivity index is 2.07. The largest absolute Gasteiger partial charge is 0.495 e. The average molecular weight is 371 g/mol. The minimum Gasteiger partial charge on any atom is -0.495 e. The molecule has 0 unspecified atom stereocenters. The van der Waals surface area contributed by atoms with Crippen molar-refractivity contribution in [2.45, 2.75) is 39.2 Å². The van der Waals surface area contributed by atoms with E-state index in [-0.39, 0.29) is 17.3 Å². The quantitative estimate of drug-likeness (QED) is 0.524. The van der Waals surface area contributed by atoms with E-state index < -0.39 is 11.0 Å². The van der Waals surface area contributed by atoms with Crippen LogP contribution in [0.4, 0.5) is 17.1 Å². The first-order chi connectivity index (χ1) is 12.8. The minimum atomic E-state index is -0.539. The lowest BCUT2D eigenvalue weighted by atomic mass is 9.98. The molecule has 0 spiro atoms. The second kappa shape index (κ2) is 9.02. The Kier molecular flexibility index (Phi) is 6.76. The van der Waals surface area contributed by atoms with E-state index in [0.29, 0.717) is 11.7 Å². The highest BCUT2D eigenvalue weighted by atomic mass is 16.6. The number of carbonyl (C=O) groups excluding carboxylic acids is 1. The molecule has 0 aromatic heterocycles. The molecule has 7 nitrogen and oxygen atoms in total. The molecular weight excluding hydrogens is 346 g/mol. The average Bonchev–Trinajstić information content (AvgIpc) is 2.67. The first-order valence-corrected chi connectivity index (χ1v) is 8.85. The first kappa shape index (κ1) is 20.2. The molecule has 0 saturated heterocycles. The summed E-state index contributed by atoms with van der Waals surface area (Å²) in [6, 6.07) is 11.5. The van der Waals surface area contributed by atoms with Crippen LogP contribution in [0.2, 0.25) is 0 Å². The fourth-order valence-electron chi connectivity index (χ4n) is 2.61. The molecule has 2 aromatic carbocycles. The normalized spacial score (nSPS) is 12.7. The molecule has 27 heavy (non-hydrogen) atoms. The summed E-state index contributed by atoms with van der Waals surface area (Å²) in [6.45, 7) is 6.04. The van der Waals surface area contributed by atoms with Gasteiger partial charge in [-0.25, -0.2) is 0 Å². The molecule has 2 atom stereocenters. The molecule has 0 aliphatic heterocycles. The van der Waals surface area contributed by atoms with Crippen LogP contribution in [-0.4, -0.2) is 24.0 Å². The molecular formula is C20H25N3O4. The molecule has 1 amide bonds. The molecule has 144 valence electrons. The fourth-order valence-corrected chi connectivity index (χ4v) is 2.61. The maximum atomic E-state index is 12.5. The first-order valence-electron chi connectivity index (χ1n) is 8.85. The number of nitrogens with zero attached hydrogens (tertiary/aromatic N) is 1. The van der Waals surface area contributed by atoms with Gasteiger partial charge in [0.25, 0.3) is 5.69 Å². The van der Waals surface area contributed by atoms with Crippen molar-refractivity contribution < 1.29 is 14.5 Å². The van der Waals surface area contributed by atoms with E-state index in [0.717, 1.165) is 12.1 Å². The van der Waals surface area contributed by atoms with Gasteiger partial charge in [-0.3, -0.25) is 14.9 Å². The summed E-state index contributed by atoms with van der Waals surface area (Å²) in [5, 5.41) is 16.8. The standard InChI is InChI=1S/C20H25N3O4/c1-5-13(2)15-6-8-16(9-7-15)21-14(3)20(24)22-18-12-17(23(25)26)10-11-19(18)27-4/h6-14,21H,5H2,1-4H3,(H,22,24)/t13-,14-/m0/s1. The van der Waals surface area contributed by atoms with Crippen molar-refractivity contribution in [1.82, 2.24) is 0 Å². The van der Waals surface area contributed by atoms with Crippen molar-refractivity contribution in [3.63, 3.8) is 0 Å². The van der Waals surface area contributed by atoms with E-state index in [1.54, 1.807) is 6.92 Å². The van der Waals surface area contributed by atoms with E-state index in [1.807, 2.05) is 24.3 Å². The zero-order chi connectivity index (χ0) is 20.0. The number of ether oxygens (including phenoxy) is 1.